The van der Waals surface area contributed by atoms with Gasteiger partial charge >= 0.3 is 0 Å². The monoisotopic (exact) mass is 407 g/mol. The molecule has 0 aliphatic carbocycles. The molecule has 1 aromatic heterocycles. The molecule has 2 heterocycles. The van der Waals surface area contributed by atoms with Crippen molar-refractivity contribution in [2.45, 2.75) is 6.42 Å². The molecule has 7 nitrogen and oxygen atoms in total. The number of carbonyl (C=O) groups excluding carboxylic acids is 3. The summed E-state index contributed by atoms with van der Waals surface area (Å²) in [4.78, 5) is 36.3. The number of carbonyl (C=O) groups is 3. The van der Waals surface area contributed by atoms with Gasteiger partial charge in [-0.1, -0.05) is 6.07 Å². The standard InChI is InChI=1S/C22H18FN3O4/c1-24-22(29)19-5-4-18(30-19)13-8-14(10-15(23)9-13)20(27)26-16-3-2-12-6-7-25-21(28)17(12)11-16/h2-5,8-11H,6-7H2,1H3,(H,24,29)(H,25,28)(H,26,27). The number of benzene rings is 2. The Morgan fingerprint density at radius 1 is 1.07 bits per heavy atom. The van der Waals surface area contributed by atoms with E-state index in [-0.39, 0.29) is 23.0 Å². The Morgan fingerprint density at radius 2 is 1.90 bits per heavy atom. The molecule has 0 spiro atoms. The van der Waals surface area contributed by atoms with Gasteiger partial charge in [-0.2, -0.15) is 0 Å². The lowest BCUT2D eigenvalue weighted by molar-refractivity contribution is 0.0932. The summed E-state index contributed by atoms with van der Waals surface area (Å²) < 4.78 is 19.6. The van der Waals surface area contributed by atoms with Gasteiger partial charge in [0, 0.05) is 36.0 Å². The predicted molar refractivity (Wildman–Crippen MR) is 108 cm³/mol. The Labute approximate surface area is 171 Å². The first kappa shape index (κ1) is 19.4. The summed E-state index contributed by atoms with van der Waals surface area (Å²) in [5, 5.41) is 7.88. The highest BCUT2D eigenvalue weighted by Gasteiger charge is 2.18. The Kier molecular flexibility index (Phi) is 5.05. The molecule has 3 N–H and O–H groups in total. The zero-order valence-electron chi connectivity index (χ0n) is 16.0. The fraction of sp³-hybridized carbons (Fsp3) is 0.136. The Balaban J connectivity index is 1.59. The van der Waals surface area contributed by atoms with Gasteiger partial charge in [-0.05, 0) is 54.4 Å². The van der Waals surface area contributed by atoms with Crippen LogP contribution in [-0.4, -0.2) is 31.3 Å². The molecule has 0 radical (unpaired) electrons. The largest absolute Gasteiger partial charge is 0.451 e. The number of anilines is 1. The minimum Gasteiger partial charge on any atom is -0.451 e. The first-order valence-electron chi connectivity index (χ1n) is 9.30. The molecule has 3 aromatic rings. The molecular weight excluding hydrogens is 389 g/mol. The second-order valence-electron chi connectivity index (χ2n) is 6.80. The smallest absolute Gasteiger partial charge is 0.286 e. The topological polar surface area (TPSA) is 100 Å². The summed E-state index contributed by atoms with van der Waals surface area (Å²) in [6.07, 6.45) is 0.726. The Bertz CT molecular complexity index is 1170. The van der Waals surface area contributed by atoms with Crippen LogP contribution in [0.1, 0.15) is 36.8 Å². The fourth-order valence-corrected chi connectivity index (χ4v) is 3.29. The highest BCUT2D eigenvalue weighted by Crippen LogP contribution is 2.25. The molecule has 4 rings (SSSR count). The average Bonchev–Trinajstić information content (AvgIpc) is 3.24. The SMILES string of the molecule is CNC(=O)c1ccc(-c2cc(F)cc(C(=O)Nc3ccc4c(c3)C(=O)NCC4)c2)o1. The van der Waals surface area contributed by atoms with Crippen LogP contribution in [0.5, 0.6) is 0 Å². The van der Waals surface area contributed by atoms with E-state index < -0.39 is 17.6 Å². The summed E-state index contributed by atoms with van der Waals surface area (Å²) in [6.45, 7) is 0.581. The van der Waals surface area contributed by atoms with Gasteiger partial charge in [0.15, 0.2) is 5.76 Å². The third-order valence-corrected chi connectivity index (χ3v) is 4.79. The molecule has 0 bridgehead atoms. The molecule has 0 atom stereocenters. The Hall–Kier alpha value is -3.94. The molecule has 2 aromatic carbocycles. The van der Waals surface area contributed by atoms with E-state index in [9.17, 15) is 18.8 Å². The van der Waals surface area contributed by atoms with E-state index in [4.69, 9.17) is 4.42 Å². The van der Waals surface area contributed by atoms with E-state index in [1.807, 2.05) is 0 Å². The first-order chi connectivity index (χ1) is 14.4. The van der Waals surface area contributed by atoms with E-state index in [1.165, 1.54) is 31.3 Å². The van der Waals surface area contributed by atoms with Crippen LogP contribution in [0.15, 0.2) is 52.9 Å². The molecule has 8 heteroatoms. The van der Waals surface area contributed by atoms with Gasteiger partial charge < -0.3 is 20.4 Å². The maximum Gasteiger partial charge on any atom is 0.286 e. The minimum atomic E-state index is -0.625. The maximum atomic E-state index is 14.2. The van der Waals surface area contributed by atoms with Crippen LogP contribution in [0, 0.1) is 5.82 Å². The fourth-order valence-electron chi connectivity index (χ4n) is 3.29. The van der Waals surface area contributed by atoms with Gasteiger partial charge in [-0.25, -0.2) is 4.39 Å². The van der Waals surface area contributed by atoms with Crippen LogP contribution in [-0.2, 0) is 6.42 Å². The van der Waals surface area contributed by atoms with Crippen LogP contribution < -0.4 is 16.0 Å². The maximum absolute atomic E-state index is 14.2. The first-order valence-corrected chi connectivity index (χ1v) is 9.30. The van der Waals surface area contributed by atoms with Gasteiger partial charge in [0.1, 0.15) is 11.6 Å². The number of halogens is 1. The molecule has 1 aliphatic heterocycles. The number of furan rings is 1. The van der Waals surface area contributed by atoms with Crippen molar-refractivity contribution in [3.63, 3.8) is 0 Å². The molecule has 0 saturated carbocycles. The lowest BCUT2D eigenvalue weighted by atomic mass is 9.99. The van der Waals surface area contributed by atoms with Crippen molar-refractivity contribution in [2.24, 2.45) is 0 Å². The summed E-state index contributed by atoms with van der Waals surface area (Å²) >= 11 is 0. The lowest BCUT2D eigenvalue weighted by Gasteiger charge is -2.17. The predicted octanol–water partition coefficient (Wildman–Crippen LogP) is 2.98. The number of fused-ring (bicyclic) bond motifs is 1. The van der Waals surface area contributed by atoms with Crippen LogP contribution in [0.4, 0.5) is 10.1 Å². The van der Waals surface area contributed by atoms with E-state index in [1.54, 1.807) is 18.2 Å². The highest BCUT2D eigenvalue weighted by atomic mass is 19.1. The van der Waals surface area contributed by atoms with Gasteiger partial charge in [0.2, 0.25) is 0 Å². The summed E-state index contributed by atoms with van der Waals surface area (Å²) in [5.41, 5.74) is 2.25. The molecule has 1 aliphatic rings. The van der Waals surface area contributed by atoms with Crippen molar-refractivity contribution in [2.75, 3.05) is 18.9 Å². The summed E-state index contributed by atoms with van der Waals surface area (Å²) in [7, 11) is 1.47. The number of nitrogens with one attached hydrogen (secondary N) is 3. The van der Waals surface area contributed by atoms with Crippen molar-refractivity contribution in [1.29, 1.82) is 0 Å². The van der Waals surface area contributed by atoms with Crippen LogP contribution in [0.3, 0.4) is 0 Å². The number of hydrogen-bond acceptors (Lipinski definition) is 4. The van der Waals surface area contributed by atoms with E-state index in [0.29, 0.717) is 23.4 Å². The lowest BCUT2D eigenvalue weighted by Crippen LogP contribution is -2.31. The molecule has 3 amide bonds. The van der Waals surface area contributed by atoms with E-state index >= 15 is 0 Å². The Morgan fingerprint density at radius 3 is 2.70 bits per heavy atom. The summed E-state index contributed by atoms with van der Waals surface area (Å²) in [6, 6.07) is 11.9. The molecule has 30 heavy (non-hydrogen) atoms. The van der Waals surface area contributed by atoms with Gasteiger partial charge in [0.25, 0.3) is 17.7 Å². The van der Waals surface area contributed by atoms with Crippen LogP contribution >= 0.6 is 0 Å². The number of rotatable bonds is 4. The number of amides is 3. The zero-order chi connectivity index (χ0) is 21.3. The van der Waals surface area contributed by atoms with Gasteiger partial charge in [-0.3, -0.25) is 14.4 Å². The van der Waals surface area contributed by atoms with Crippen LogP contribution in [0.25, 0.3) is 11.3 Å². The zero-order valence-corrected chi connectivity index (χ0v) is 16.0. The molecular formula is C22H18FN3O4. The van der Waals surface area contributed by atoms with Crippen molar-refractivity contribution < 1.29 is 23.2 Å². The molecule has 152 valence electrons. The van der Waals surface area contributed by atoms with Gasteiger partial charge in [-0.15, -0.1) is 0 Å². The van der Waals surface area contributed by atoms with Crippen molar-refractivity contribution in [1.82, 2.24) is 10.6 Å². The summed E-state index contributed by atoms with van der Waals surface area (Å²) in [5.74, 6) is -1.43. The third kappa shape index (κ3) is 3.80. The second kappa shape index (κ2) is 7.82. The number of hydrogen-bond donors (Lipinski definition) is 3. The highest BCUT2D eigenvalue weighted by molar-refractivity contribution is 6.06. The van der Waals surface area contributed by atoms with Crippen molar-refractivity contribution in [3.05, 3.63) is 76.8 Å². The van der Waals surface area contributed by atoms with Crippen molar-refractivity contribution in [3.8, 4) is 11.3 Å². The minimum absolute atomic E-state index is 0.0741. The average molecular weight is 407 g/mol. The van der Waals surface area contributed by atoms with E-state index in [2.05, 4.69) is 16.0 Å². The third-order valence-electron chi connectivity index (χ3n) is 4.79. The van der Waals surface area contributed by atoms with Crippen molar-refractivity contribution >= 4 is 23.4 Å². The molecule has 0 unspecified atom stereocenters. The van der Waals surface area contributed by atoms with Crippen LogP contribution in [0.2, 0.25) is 0 Å². The van der Waals surface area contributed by atoms with Gasteiger partial charge in [0.05, 0.1) is 0 Å². The molecule has 0 fully saturated rings. The van der Waals surface area contributed by atoms with E-state index in [0.717, 1.165) is 18.1 Å². The second-order valence-corrected chi connectivity index (χ2v) is 6.80. The quantitative estimate of drug-likeness (QED) is 0.619. The normalized spacial score (nSPS) is 12.7. The molecule has 0 saturated heterocycles.